The van der Waals surface area contributed by atoms with Crippen LogP contribution in [0.3, 0.4) is 0 Å². The van der Waals surface area contributed by atoms with Gasteiger partial charge in [-0.2, -0.15) is 0 Å². The van der Waals surface area contributed by atoms with Gasteiger partial charge in [0, 0.05) is 0 Å². The predicted octanol–water partition coefficient (Wildman–Crippen LogP) is 8.28. The van der Waals surface area contributed by atoms with Gasteiger partial charge in [-0.25, -0.2) is 0 Å². The molecule has 6 aromatic rings. The number of ether oxygens (including phenoxy) is 2. The smallest absolute Gasteiger partial charge is 0.143 e. The van der Waals surface area contributed by atoms with E-state index in [9.17, 15) is 10.2 Å². The number of hydrogen-bond donors (Lipinski definition) is 2. The van der Waals surface area contributed by atoms with E-state index < -0.39 is 23.4 Å². The van der Waals surface area contributed by atoms with Gasteiger partial charge in [0.15, 0.2) is 0 Å². The third kappa shape index (κ3) is 7.08. The Morgan fingerprint density at radius 1 is 0.354 bits per heavy atom. The van der Waals surface area contributed by atoms with Gasteiger partial charge in [-0.1, -0.05) is 194 Å². The molecule has 0 bridgehead atoms. The van der Waals surface area contributed by atoms with Crippen LogP contribution in [0, 0.1) is 0 Å². The molecule has 0 radical (unpaired) electrons. The van der Waals surface area contributed by atoms with Crippen LogP contribution in [0.5, 0.6) is 0 Å². The van der Waals surface area contributed by atoms with E-state index in [-0.39, 0.29) is 13.2 Å². The summed E-state index contributed by atoms with van der Waals surface area (Å²) in [4.78, 5) is 0. The topological polar surface area (TPSA) is 58.9 Å². The van der Waals surface area contributed by atoms with Gasteiger partial charge < -0.3 is 19.7 Å². The summed E-state index contributed by atoms with van der Waals surface area (Å²) in [7, 11) is 0. The Morgan fingerprint density at radius 2 is 0.542 bits per heavy atom. The van der Waals surface area contributed by atoms with Gasteiger partial charge in [0.25, 0.3) is 0 Å². The molecule has 4 nitrogen and oxygen atoms in total. The van der Waals surface area contributed by atoms with E-state index in [0.717, 1.165) is 33.4 Å². The molecule has 0 spiro atoms. The summed E-state index contributed by atoms with van der Waals surface area (Å²) in [5, 5.41) is 22.4. The summed E-state index contributed by atoms with van der Waals surface area (Å²) in [6, 6.07) is 60.3. The quantitative estimate of drug-likeness (QED) is 0.0938. The Hall–Kier alpha value is -5.10. The number of rotatable bonds is 14. The Bertz CT molecular complexity index is 1500. The standard InChI is InChI=1S/C44H40O4/c45-41(33-47-43(35-19-7-1-8-20-35,36-21-9-2-10-22-36)37-23-11-3-12-24-37)31-32-42(46)34-48-44(38-25-13-4-14-26-38,39-27-15-5-16-28-39)40-29-17-6-18-30-40/h1-32,41-42,45-46H,33-34H2/b32-31+/t41-,42-/m0/s1. The highest BCUT2D eigenvalue weighted by Gasteiger charge is 2.39. The SMILES string of the molecule is O[C@@H](/C=C/[C@H](O)COC(c1ccccc1)(c1ccccc1)c1ccccc1)COC(c1ccccc1)(c1ccccc1)c1ccccc1. The number of aliphatic hydroxyl groups excluding tert-OH is 2. The summed E-state index contributed by atoms with van der Waals surface area (Å²) in [5.41, 5.74) is 3.79. The lowest BCUT2D eigenvalue weighted by atomic mass is 9.80. The third-order valence-corrected chi connectivity index (χ3v) is 8.58. The molecule has 0 saturated carbocycles. The van der Waals surface area contributed by atoms with Crippen LogP contribution in [0.4, 0.5) is 0 Å². The van der Waals surface area contributed by atoms with Crippen molar-refractivity contribution in [1.82, 2.24) is 0 Å². The van der Waals surface area contributed by atoms with Crippen molar-refractivity contribution < 1.29 is 19.7 Å². The van der Waals surface area contributed by atoms with E-state index in [2.05, 4.69) is 0 Å². The molecule has 0 saturated heterocycles. The van der Waals surface area contributed by atoms with Crippen LogP contribution in [0.2, 0.25) is 0 Å². The van der Waals surface area contributed by atoms with Gasteiger partial charge in [-0.15, -0.1) is 0 Å². The molecular formula is C44H40O4. The first-order chi connectivity index (χ1) is 23.6. The van der Waals surface area contributed by atoms with E-state index in [4.69, 9.17) is 9.47 Å². The van der Waals surface area contributed by atoms with Crippen molar-refractivity contribution in [3.05, 3.63) is 228 Å². The fraction of sp³-hybridized carbons (Fsp3) is 0.136. The van der Waals surface area contributed by atoms with E-state index >= 15 is 0 Å². The van der Waals surface area contributed by atoms with Crippen LogP contribution in [0.15, 0.2) is 194 Å². The van der Waals surface area contributed by atoms with Crippen molar-refractivity contribution >= 4 is 0 Å². The molecule has 6 rings (SSSR count). The van der Waals surface area contributed by atoms with Crippen LogP contribution in [0.25, 0.3) is 0 Å². The van der Waals surface area contributed by atoms with Crippen molar-refractivity contribution in [2.24, 2.45) is 0 Å². The second-order valence-corrected chi connectivity index (χ2v) is 11.7. The summed E-state index contributed by atoms with van der Waals surface area (Å²) < 4.78 is 13.5. The minimum atomic E-state index is -0.989. The maximum atomic E-state index is 11.2. The first-order valence-electron chi connectivity index (χ1n) is 16.3. The average Bonchev–Trinajstić information content (AvgIpc) is 3.17. The van der Waals surface area contributed by atoms with Crippen molar-refractivity contribution in [3.63, 3.8) is 0 Å². The lowest BCUT2D eigenvalue weighted by molar-refractivity contribution is -0.0291. The van der Waals surface area contributed by atoms with E-state index in [1.807, 2.05) is 182 Å². The first kappa shape index (κ1) is 32.8. The summed E-state index contributed by atoms with van der Waals surface area (Å²) in [5.74, 6) is 0. The maximum Gasteiger partial charge on any atom is 0.143 e. The second kappa shape index (κ2) is 15.7. The molecule has 0 heterocycles. The molecule has 2 atom stereocenters. The van der Waals surface area contributed by atoms with Crippen LogP contribution in [-0.4, -0.2) is 35.6 Å². The predicted molar refractivity (Wildman–Crippen MR) is 191 cm³/mol. The Labute approximate surface area is 283 Å². The molecule has 0 aliphatic rings. The molecule has 0 aliphatic heterocycles. The number of benzene rings is 6. The van der Waals surface area contributed by atoms with Gasteiger partial charge in [-0.05, 0) is 33.4 Å². The van der Waals surface area contributed by atoms with Gasteiger partial charge >= 0.3 is 0 Å². The Kier molecular flexibility index (Phi) is 10.7. The minimum absolute atomic E-state index is 0.00918. The van der Waals surface area contributed by atoms with E-state index in [0.29, 0.717) is 0 Å². The fourth-order valence-corrected chi connectivity index (χ4v) is 6.33. The highest BCUT2D eigenvalue weighted by Crippen LogP contribution is 2.42. The molecule has 0 unspecified atom stereocenters. The zero-order valence-corrected chi connectivity index (χ0v) is 26.8. The van der Waals surface area contributed by atoms with Crippen LogP contribution >= 0.6 is 0 Å². The lowest BCUT2D eigenvalue weighted by Gasteiger charge is -2.36. The molecular weight excluding hydrogens is 592 g/mol. The molecule has 240 valence electrons. The van der Waals surface area contributed by atoms with Crippen LogP contribution in [0.1, 0.15) is 33.4 Å². The summed E-state index contributed by atoms with van der Waals surface area (Å²) in [6.07, 6.45) is 1.18. The van der Waals surface area contributed by atoms with Gasteiger partial charge in [0.2, 0.25) is 0 Å². The van der Waals surface area contributed by atoms with Crippen LogP contribution in [-0.2, 0) is 20.7 Å². The molecule has 48 heavy (non-hydrogen) atoms. The van der Waals surface area contributed by atoms with Crippen molar-refractivity contribution in [3.8, 4) is 0 Å². The van der Waals surface area contributed by atoms with Gasteiger partial charge in [0.1, 0.15) is 11.2 Å². The monoisotopic (exact) mass is 632 g/mol. The summed E-state index contributed by atoms with van der Waals surface area (Å²) in [6.45, 7) is -0.0184. The summed E-state index contributed by atoms with van der Waals surface area (Å²) >= 11 is 0. The third-order valence-electron chi connectivity index (χ3n) is 8.58. The number of hydrogen-bond acceptors (Lipinski definition) is 4. The fourth-order valence-electron chi connectivity index (χ4n) is 6.33. The lowest BCUT2D eigenvalue weighted by Crippen LogP contribution is -2.36. The molecule has 0 aliphatic carbocycles. The highest BCUT2D eigenvalue weighted by atomic mass is 16.5. The van der Waals surface area contributed by atoms with Gasteiger partial charge in [0.05, 0.1) is 25.4 Å². The minimum Gasteiger partial charge on any atom is -0.387 e. The van der Waals surface area contributed by atoms with Crippen molar-refractivity contribution in [1.29, 1.82) is 0 Å². The van der Waals surface area contributed by atoms with Crippen molar-refractivity contribution in [2.75, 3.05) is 13.2 Å². The Balaban J connectivity index is 1.24. The zero-order chi connectivity index (χ0) is 33.1. The molecule has 0 amide bonds. The molecule has 6 aromatic carbocycles. The van der Waals surface area contributed by atoms with Gasteiger partial charge in [-0.3, -0.25) is 0 Å². The number of aliphatic hydroxyl groups is 2. The molecule has 0 aromatic heterocycles. The van der Waals surface area contributed by atoms with E-state index in [1.54, 1.807) is 12.2 Å². The zero-order valence-electron chi connectivity index (χ0n) is 26.8. The average molecular weight is 633 g/mol. The second-order valence-electron chi connectivity index (χ2n) is 11.7. The first-order valence-corrected chi connectivity index (χ1v) is 16.3. The van der Waals surface area contributed by atoms with Crippen LogP contribution < -0.4 is 0 Å². The largest absolute Gasteiger partial charge is 0.387 e. The normalized spacial score (nSPS) is 13.3. The van der Waals surface area contributed by atoms with E-state index in [1.165, 1.54) is 0 Å². The maximum absolute atomic E-state index is 11.2. The molecule has 4 heteroatoms. The molecule has 2 N–H and O–H groups in total. The van der Waals surface area contributed by atoms with Crippen molar-refractivity contribution in [2.45, 2.75) is 23.4 Å². The highest BCUT2D eigenvalue weighted by molar-refractivity contribution is 5.49. The molecule has 0 fully saturated rings. The Morgan fingerprint density at radius 3 is 0.729 bits per heavy atom.